The number of H-pyrrole nitrogens is 1. The number of anilines is 2. The molecule has 0 bridgehead atoms. The van der Waals surface area contributed by atoms with Crippen molar-refractivity contribution in [3.05, 3.63) is 42.0 Å². The molecule has 3 aromatic rings. The maximum absolute atomic E-state index is 11.4. The van der Waals surface area contributed by atoms with Crippen LogP contribution in [0.3, 0.4) is 0 Å². The number of carbonyl (C=O) groups excluding carboxylic acids is 1. The maximum Gasteiger partial charge on any atom is 0.221 e. The van der Waals surface area contributed by atoms with Crippen molar-refractivity contribution in [2.75, 3.05) is 16.8 Å². The van der Waals surface area contributed by atoms with Crippen LogP contribution in [0.2, 0.25) is 0 Å². The van der Waals surface area contributed by atoms with Crippen LogP contribution in [0.4, 0.5) is 11.5 Å². The van der Waals surface area contributed by atoms with Crippen molar-refractivity contribution in [3.63, 3.8) is 0 Å². The van der Waals surface area contributed by atoms with Gasteiger partial charge >= 0.3 is 0 Å². The first-order chi connectivity index (χ1) is 11.2. The van der Waals surface area contributed by atoms with E-state index in [1.807, 2.05) is 12.1 Å². The summed E-state index contributed by atoms with van der Waals surface area (Å²) in [6, 6.07) is 6.02. The minimum atomic E-state index is -0.0456. The molecule has 7 heteroatoms. The molecule has 4 rings (SSSR count). The molecular formula is C16H16N6O. The molecule has 116 valence electrons. The standard InChI is InChI=1S/C16H16N6O/c1-10(23)21-13-4-2-3-11-7-22(6-5-12(11)13)16-14-15(18-8-17-14)19-9-20-16/h2-4,8-9H,5-7H2,1H3,(H,21,23)(H,17,18,19,20). The Labute approximate surface area is 132 Å². The third-order valence-electron chi connectivity index (χ3n) is 4.08. The number of hydrogen-bond acceptors (Lipinski definition) is 5. The fraction of sp³-hybridized carbons (Fsp3) is 0.250. The minimum absolute atomic E-state index is 0.0456. The molecule has 1 aliphatic rings. The number of benzene rings is 1. The molecule has 7 nitrogen and oxygen atoms in total. The van der Waals surface area contributed by atoms with Crippen LogP contribution in [-0.2, 0) is 17.8 Å². The Morgan fingerprint density at radius 1 is 1.30 bits per heavy atom. The van der Waals surface area contributed by atoms with Gasteiger partial charge < -0.3 is 15.2 Å². The molecule has 1 aromatic carbocycles. The van der Waals surface area contributed by atoms with Crippen LogP contribution in [0.1, 0.15) is 18.1 Å². The van der Waals surface area contributed by atoms with Crippen molar-refractivity contribution in [2.45, 2.75) is 19.9 Å². The molecule has 1 aliphatic heterocycles. The van der Waals surface area contributed by atoms with Crippen LogP contribution < -0.4 is 10.2 Å². The summed E-state index contributed by atoms with van der Waals surface area (Å²) in [4.78, 5) is 29.4. The molecule has 0 unspecified atom stereocenters. The highest BCUT2D eigenvalue weighted by Crippen LogP contribution is 2.30. The van der Waals surface area contributed by atoms with Gasteiger partial charge in [0.15, 0.2) is 11.5 Å². The number of aromatic nitrogens is 4. The summed E-state index contributed by atoms with van der Waals surface area (Å²) >= 11 is 0. The van der Waals surface area contributed by atoms with Gasteiger partial charge in [-0.3, -0.25) is 4.79 Å². The topological polar surface area (TPSA) is 86.8 Å². The highest BCUT2D eigenvalue weighted by Gasteiger charge is 2.22. The van der Waals surface area contributed by atoms with E-state index >= 15 is 0 Å². The SMILES string of the molecule is CC(=O)Nc1cccc2c1CCN(c1ncnc3nc[nH]c13)C2. The Balaban J connectivity index is 1.69. The molecule has 0 radical (unpaired) electrons. The lowest BCUT2D eigenvalue weighted by molar-refractivity contribution is -0.114. The second kappa shape index (κ2) is 5.35. The molecular weight excluding hydrogens is 292 g/mol. The number of nitrogens with one attached hydrogen (secondary N) is 2. The van der Waals surface area contributed by atoms with E-state index in [0.29, 0.717) is 5.65 Å². The third kappa shape index (κ3) is 2.40. The molecule has 2 N–H and O–H groups in total. The first-order valence-electron chi connectivity index (χ1n) is 7.50. The van der Waals surface area contributed by atoms with Gasteiger partial charge in [0.25, 0.3) is 0 Å². The molecule has 1 amide bonds. The lowest BCUT2D eigenvalue weighted by Crippen LogP contribution is -2.32. The second-order valence-corrected chi connectivity index (χ2v) is 5.59. The van der Waals surface area contributed by atoms with E-state index in [4.69, 9.17) is 0 Å². The summed E-state index contributed by atoms with van der Waals surface area (Å²) in [5, 5.41) is 2.91. The van der Waals surface area contributed by atoms with Gasteiger partial charge in [-0.1, -0.05) is 12.1 Å². The van der Waals surface area contributed by atoms with Gasteiger partial charge in [0.05, 0.1) is 6.33 Å². The second-order valence-electron chi connectivity index (χ2n) is 5.59. The molecule has 0 saturated carbocycles. The zero-order valence-corrected chi connectivity index (χ0v) is 12.7. The number of nitrogens with zero attached hydrogens (tertiary/aromatic N) is 4. The maximum atomic E-state index is 11.4. The third-order valence-corrected chi connectivity index (χ3v) is 4.08. The molecule has 0 aliphatic carbocycles. The van der Waals surface area contributed by atoms with Gasteiger partial charge in [0.2, 0.25) is 5.91 Å². The van der Waals surface area contributed by atoms with E-state index in [2.05, 4.69) is 36.2 Å². The summed E-state index contributed by atoms with van der Waals surface area (Å²) in [5.41, 5.74) is 4.84. The molecule has 0 atom stereocenters. The number of imidazole rings is 1. The fourth-order valence-corrected chi connectivity index (χ4v) is 3.09. The smallest absolute Gasteiger partial charge is 0.221 e. The van der Waals surface area contributed by atoms with Crippen LogP contribution >= 0.6 is 0 Å². The zero-order valence-electron chi connectivity index (χ0n) is 12.7. The quantitative estimate of drug-likeness (QED) is 0.755. The molecule has 0 saturated heterocycles. The van der Waals surface area contributed by atoms with E-state index in [-0.39, 0.29) is 5.91 Å². The molecule has 0 spiro atoms. The van der Waals surface area contributed by atoms with Crippen molar-refractivity contribution in [1.29, 1.82) is 0 Å². The summed E-state index contributed by atoms with van der Waals surface area (Å²) in [6.45, 7) is 3.10. The van der Waals surface area contributed by atoms with Crippen molar-refractivity contribution in [3.8, 4) is 0 Å². The predicted molar refractivity (Wildman–Crippen MR) is 87.2 cm³/mol. The summed E-state index contributed by atoms with van der Waals surface area (Å²) in [5.74, 6) is 0.818. The zero-order chi connectivity index (χ0) is 15.8. The van der Waals surface area contributed by atoms with E-state index in [1.54, 1.807) is 12.7 Å². The van der Waals surface area contributed by atoms with E-state index in [1.165, 1.54) is 18.1 Å². The highest BCUT2D eigenvalue weighted by molar-refractivity contribution is 5.90. The van der Waals surface area contributed by atoms with Crippen LogP contribution in [0.25, 0.3) is 11.2 Å². The highest BCUT2D eigenvalue weighted by atomic mass is 16.1. The summed E-state index contributed by atoms with van der Waals surface area (Å²) < 4.78 is 0. The molecule has 23 heavy (non-hydrogen) atoms. The number of carbonyl (C=O) groups is 1. The molecule has 0 fully saturated rings. The van der Waals surface area contributed by atoms with Crippen molar-refractivity contribution < 1.29 is 4.79 Å². The van der Waals surface area contributed by atoms with Crippen LogP contribution in [0.15, 0.2) is 30.9 Å². The first-order valence-corrected chi connectivity index (χ1v) is 7.50. The Hall–Kier alpha value is -2.96. The van der Waals surface area contributed by atoms with Gasteiger partial charge in [-0.25, -0.2) is 15.0 Å². The number of rotatable bonds is 2. The predicted octanol–water partition coefficient (Wildman–Crippen LogP) is 1.87. The van der Waals surface area contributed by atoms with Crippen molar-refractivity contribution in [1.82, 2.24) is 19.9 Å². The van der Waals surface area contributed by atoms with Crippen LogP contribution in [-0.4, -0.2) is 32.4 Å². The number of aromatic amines is 1. The normalized spacial score (nSPS) is 13.9. The minimum Gasteiger partial charge on any atom is -0.350 e. The van der Waals surface area contributed by atoms with Crippen LogP contribution in [0.5, 0.6) is 0 Å². The van der Waals surface area contributed by atoms with Gasteiger partial charge in [-0.15, -0.1) is 0 Å². The largest absolute Gasteiger partial charge is 0.350 e. The average Bonchev–Trinajstić information content (AvgIpc) is 3.02. The Bertz CT molecular complexity index is 887. The lowest BCUT2D eigenvalue weighted by Gasteiger charge is -2.31. The Morgan fingerprint density at radius 2 is 2.22 bits per heavy atom. The number of amides is 1. The average molecular weight is 308 g/mol. The molecule has 2 aromatic heterocycles. The number of hydrogen-bond donors (Lipinski definition) is 2. The summed E-state index contributed by atoms with van der Waals surface area (Å²) in [7, 11) is 0. The van der Waals surface area contributed by atoms with Gasteiger partial charge in [0.1, 0.15) is 11.8 Å². The fourth-order valence-electron chi connectivity index (χ4n) is 3.09. The lowest BCUT2D eigenvalue weighted by atomic mass is 9.97. The monoisotopic (exact) mass is 308 g/mol. The van der Waals surface area contributed by atoms with Gasteiger partial charge in [-0.2, -0.15) is 0 Å². The Morgan fingerprint density at radius 3 is 3.09 bits per heavy atom. The van der Waals surface area contributed by atoms with Crippen molar-refractivity contribution in [2.24, 2.45) is 0 Å². The first kappa shape index (κ1) is 13.7. The summed E-state index contributed by atoms with van der Waals surface area (Å²) in [6.07, 6.45) is 4.03. The number of fused-ring (bicyclic) bond motifs is 2. The molecule has 3 heterocycles. The van der Waals surface area contributed by atoms with Crippen LogP contribution in [0, 0.1) is 0 Å². The van der Waals surface area contributed by atoms with Gasteiger partial charge in [0, 0.05) is 25.7 Å². The van der Waals surface area contributed by atoms with E-state index in [0.717, 1.165) is 36.5 Å². The van der Waals surface area contributed by atoms with Gasteiger partial charge in [-0.05, 0) is 23.6 Å². The van der Waals surface area contributed by atoms with E-state index < -0.39 is 0 Å². The van der Waals surface area contributed by atoms with Crippen molar-refractivity contribution >= 4 is 28.6 Å². The Kier molecular flexibility index (Phi) is 3.18. The van der Waals surface area contributed by atoms with E-state index in [9.17, 15) is 4.79 Å².